The molecule has 0 atom stereocenters. The summed E-state index contributed by atoms with van der Waals surface area (Å²) in [5.41, 5.74) is 3.73. The molecule has 2 heterocycles. The first-order chi connectivity index (χ1) is 12.1. The van der Waals surface area contributed by atoms with Crippen molar-refractivity contribution in [1.29, 1.82) is 0 Å². The third kappa shape index (κ3) is 4.26. The number of rotatable bonds is 6. The second-order valence-corrected chi connectivity index (χ2v) is 8.07. The number of aromatic nitrogens is 3. The molecule has 3 aromatic rings. The minimum Gasteiger partial charge on any atom is -0.319 e. The van der Waals surface area contributed by atoms with Crippen molar-refractivity contribution in [2.45, 2.75) is 22.7 Å². The van der Waals surface area contributed by atoms with E-state index in [9.17, 15) is 4.79 Å². The van der Waals surface area contributed by atoms with E-state index in [1.54, 1.807) is 6.20 Å². The van der Waals surface area contributed by atoms with Crippen LogP contribution < -0.4 is 5.32 Å². The molecule has 2 aromatic heterocycles. The molecule has 0 unspecified atom stereocenters. The molecule has 130 valence electrons. The highest BCUT2D eigenvalue weighted by Crippen LogP contribution is 2.33. The van der Waals surface area contributed by atoms with E-state index in [1.165, 1.54) is 46.2 Å². The zero-order valence-corrected chi connectivity index (χ0v) is 16.6. The number of amides is 1. The van der Waals surface area contributed by atoms with E-state index in [0.29, 0.717) is 17.8 Å². The number of benzene rings is 1. The Balaban J connectivity index is 1.72. The van der Waals surface area contributed by atoms with Crippen LogP contribution in [0.15, 0.2) is 45.9 Å². The van der Waals surface area contributed by atoms with E-state index in [2.05, 4.69) is 46.0 Å². The Morgan fingerprint density at radius 3 is 2.68 bits per heavy atom. The van der Waals surface area contributed by atoms with E-state index in [4.69, 9.17) is 0 Å². The van der Waals surface area contributed by atoms with Crippen LogP contribution in [0.3, 0.4) is 0 Å². The second-order valence-electron chi connectivity index (χ2n) is 5.42. The number of anilines is 1. The summed E-state index contributed by atoms with van der Waals surface area (Å²) in [6.07, 6.45) is 7.39. The van der Waals surface area contributed by atoms with Crippen molar-refractivity contribution in [1.82, 2.24) is 14.2 Å². The molecule has 3 rings (SSSR count). The molecule has 0 aliphatic heterocycles. The van der Waals surface area contributed by atoms with Gasteiger partial charge in [0.2, 0.25) is 0 Å². The largest absolute Gasteiger partial charge is 0.319 e. The van der Waals surface area contributed by atoms with Crippen LogP contribution in [-0.2, 0) is 6.54 Å². The van der Waals surface area contributed by atoms with Crippen LogP contribution in [0.1, 0.15) is 21.5 Å². The lowest BCUT2D eigenvalue weighted by molar-refractivity contribution is 0.102. The Morgan fingerprint density at radius 1 is 1.24 bits per heavy atom. The van der Waals surface area contributed by atoms with Gasteiger partial charge in [-0.15, -0.1) is 23.5 Å². The van der Waals surface area contributed by atoms with Gasteiger partial charge in [-0.2, -0.15) is 9.47 Å². The van der Waals surface area contributed by atoms with Crippen molar-refractivity contribution in [3.05, 3.63) is 53.3 Å². The molecule has 1 aromatic carbocycles. The Labute approximate surface area is 159 Å². The molecule has 0 spiro atoms. The zero-order valence-electron chi connectivity index (χ0n) is 14.1. The molecular formula is C17H18N4OS3. The average Bonchev–Trinajstić information content (AvgIpc) is 3.23. The molecular weight excluding hydrogens is 372 g/mol. The molecule has 25 heavy (non-hydrogen) atoms. The molecule has 0 saturated heterocycles. The fraction of sp³-hybridized carbons (Fsp3) is 0.235. The van der Waals surface area contributed by atoms with Gasteiger partial charge in [0.15, 0.2) is 0 Å². The van der Waals surface area contributed by atoms with Gasteiger partial charge in [0, 0.05) is 6.20 Å². The number of carbonyl (C=O) groups excluding carboxylic acids is 1. The summed E-state index contributed by atoms with van der Waals surface area (Å²) in [6, 6.07) is 8.33. The molecule has 1 N–H and O–H groups in total. The average molecular weight is 391 g/mol. The molecule has 0 radical (unpaired) electrons. The highest BCUT2D eigenvalue weighted by atomic mass is 32.2. The van der Waals surface area contributed by atoms with E-state index < -0.39 is 0 Å². The second kappa shape index (κ2) is 8.07. The van der Waals surface area contributed by atoms with Gasteiger partial charge in [0.25, 0.3) is 5.91 Å². The Hall–Kier alpha value is -1.77. The van der Waals surface area contributed by atoms with Gasteiger partial charge in [0.1, 0.15) is 5.03 Å². The Bertz CT molecular complexity index is 849. The van der Waals surface area contributed by atoms with Gasteiger partial charge in [0.05, 0.1) is 28.2 Å². The first-order valence-corrected chi connectivity index (χ1v) is 10.8. The smallest absolute Gasteiger partial charge is 0.260 e. The number of carbonyl (C=O) groups is 1. The van der Waals surface area contributed by atoms with Gasteiger partial charge in [-0.05, 0) is 36.5 Å². The van der Waals surface area contributed by atoms with Crippen LogP contribution in [0.25, 0.3) is 0 Å². The summed E-state index contributed by atoms with van der Waals surface area (Å²) in [4.78, 5) is 12.6. The predicted octanol–water partition coefficient (Wildman–Crippen LogP) is 4.39. The number of hydrogen-bond acceptors (Lipinski definition) is 6. The fourth-order valence-electron chi connectivity index (χ4n) is 2.32. The fourth-order valence-corrected chi connectivity index (χ4v) is 4.60. The highest BCUT2D eigenvalue weighted by molar-refractivity contribution is 8.01. The summed E-state index contributed by atoms with van der Waals surface area (Å²) < 4.78 is 7.08. The normalized spacial score (nSPS) is 10.8. The maximum atomic E-state index is 12.6. The summed E-state index contributed by atoms with van der Waals surface area (Å²) in [5, 5.41) is 8.02. The third-order valence-corrected chi connectivity index (χ3v) is 6.33. The van der Waals surface area contributed by atoms with Crippen molar-refractivity contribution >= 4 is 46.7 Å². The lowest BCUT2D eigenvalue weighted by Crippen LogP contribution is -2.12. The number of aryl methyl sites for hydroxylation is 1. The lowest BCUT2D eigenvalue weighted by Gasteiger charge is -2.04. The van der Waals surface area contributed by atoms with Crippen LogP contribution >= 0.6 is 35.1 Å². The summed E-state index contributed by atoms with van der Waals surface area (Å²) >= 11 is 4.38. The molecule has 0 fully saturated rings. The van der Waals surface area contributed by atoms with Crippen molar-refractivity contribution in [3.8, 4) is 0 Å². The Morgan fingerprint density at radius 2 is 2.00 bits per heavy atom. The standard InChI is InChI=1S/C17H18N4OS3/c1-11-4-6-12(7-5-11)9-21-10-13(8-18-21)19-15(22)14-16(23-2)20-25-17(14)24-3/h4-8,10H,9H2,1-3H3,(H,19,22). The van der Waals surface area contributed by atoms with E-state index in [0.717, 1.165) is 9.24 Å². The monoisotopic (exact) mass is 390 g/mol. The van der Waals surface area contributed by atoms with Gasteiger partial charge in [-0.25, -0.2) is 0 Å². The molecule has 0 aliphatic carbocycles. The van der Waals surface area contributed by atoms with Crippen LogP contribution in [0.2, 0.25) is 0 Å². The van der Waals surface area contributed by atoms with Gasteiger partial charge < -0.3 is 5.32 Å². The Kier molecular flexibility index (Phi) is 5.82. The first-order valence-electron chi connectivity index (χ1n) is 7.57. The molecule has 5 nitrogen and oxygen atoms in total. The van der Waals surface area contributed by atoms with E-state index in [1.807, 2.05) is 23.4 Å². The van der Waals surface area contributed by atoms with Crippen LogP contribution in [0.4, 0.5) is 5.69 Å². The van der Waals surface area contributed by atoms with Crippen molar-refractivity contribution < 1.29 is 4.79 Å². The lowest BCUT2D eigenvalue weighted by atomic mass is 10.1. The van der Waals surface area contributed by atoms with Crippen molar-refractivity contribution in [2.75, 3.05) is 17.8 Å². The first kappa shape index (κ1) is 18.0. The predicted molar refractivity (Wildman–Crippen MR) is 106 cm³/mol. The van der Waals surface area contributed by atoms with Gasteiger partial charge in [-0.1, -0.05) is 29.8 Å². The number of hydrogen-bond donors (Lipinski definition) is 1. The van der Waals surface area contributed by atoms with Crippen LogP contribution in [0.5, 0.6) is 0 Å². The van der Waals surface area contributed by atoms with Gasteiger partial charge >= 0.3 is 0 Å². The summed E-state index contributed by atoms with van der Waals surface area (Å²) in [5.74, 6) is -0.141. The van der Waals surface area contributed by atoms with Crippen LogP contribution in [-0.4, -0.2) is 32.6 Å². The summed E-state index contributed by atoms with van der Waals surface area (Å²) in [6.45, 7) is 2.73. The molecule has 0 saturated carbocycles. The molecule has 1 amide bonds. The van der Waals surface area contributed by atoms with Gasteiger partial charge in [-0.3, -0.25) is 9.48 Å². The minimum atomic E-state index is -0.141. The van der Waals surface area contributed by atoms with E-state index >= 15 is 0 Å². The highest BCUT2D eigenvalue weighted by Gasteiger charge is 2.20. The maximum Gasteiger partial charge on any atom is 0.260 e. The molecule has 8 heteroatoms. The number of thioether (sulfide) groups is 2. The third-order valence-electron chi connectivity index (χ3n) is 3.59. The summed E-state index contributed by atoms with van der Waals surface area (Å²) in [7, 11) is 0. The molecule has 0 aliphatic rings. The number of nitrogens with one attached hydrogen (secondary N) is 1. The minimum absolute atomic E-state index is 0.141. The SMILES string of the molecule is CSc1nsc(SC)c1C(=O)Nc1cnn(Cc2ccc(C)cc2)c1. The maximum absolute atomic E-state index is 12.6. The quantitative estimate of drug-likeness (QED) is 0.633. The zero-order chi connectivity index (χ0) is 17.8. The van der Waals surface area contributed by atoms with Crippen molar-refractivity contribution in [2.24, 2.45) is 0 Å². The van der Waals surface area contributed by atoms with Crippen LogP contribution in [0, 0.1) is 6.92 Å². The molecule has 0 bridgehead atoms. The topological polar surface area (TPSA) is 59.8 Å². The van der Waals surface area contributed by atoms with Crippen molar-refractivity contribution in [3.63, 3.8) is 0 Å². The van der Waals surface area contributed by atoms with E-state index in [-0.39, 0.29) is 5.91 Å². The number of nitrogens with zero attached hydrogens (tertiary/aromatic N) is 3.